The molecule has 0 bridgehead atoms. The van der Waals surface area contributed by atoms with E-state index >= 15 is 0 Å². The first-order chi connectivity index (χ1) is 9.29. The van der Waals surface area contributed by atoms with Gasteiger partial charge in [0, 0.05) is 33.1 Å². The van der Waals surface area contributed by atoms with Crippen LogP contribution < -0.4 is 0 Å². The number of nitrogens with one attached hydrogen (secondary N) is 1. The molecule has 1 aromatic rings. The van der Waals surface area contributed by atoms with Crippen LogP contribution in [0, 0.1) is 0 Å². The van der Waals surface area contributed by atoms with Crippen LogP contribution >= 0.6 is 0 Å². The summed E-state index contributed by atoms with van der Waals surface area (Å²) in [5, 5.41) is 0. The molecule has 1 aromatic heterocycles. The molecule has 8 heteroatoms. The molecule has 0 spiro atoms. The van der Waals surface area contributed by atoms with Gasteiger partial charge in [0.15, 0.2) is 0 Å². The number of aromatic nitrogens is 2. The van der Waals surface area contributed by atoms with Crippen LogP contribution in [0.3, 0.4) is 0 Å². The molecule has 1 saturated heterocycles. The highest BCUT2D eigenvalue weighted by atomic mass is 19.4. The molecule has 5 nitrogen and oxygen atoms in total. The number of H-pyrrole nitrogens is 1. The van der Waals surface area contributed by atoms with Gasteiger partial charge < -0.3 is 14.8 Å². The molecular weight excluding hydrogens is 273 g/mol. The zero-order valence-electron chi connectivity index (χ0n) is 11.4. The molecule has 2 rings (SSSR count). The number of rotatable bonds is 1. The van der Waals surface area contributed by atoms with Gasteiger partial charge in [-0.2, -0.15) is 13.2 Å². The number of imidazole rings is 1. The van der Waals surface area contributed by atoms with Crippen molar-refractivity contribution in [2.45, 2.75) is 24.9 Å². The number of nitrogens with zero attached hydrogens (tertiary/aromatic N) is 3. The maximum absolute atomic E-state index is 12.5. The van der Waals surface area contributed by atoms with Crippen LogP contribution in [0.4, 0.5) is 18.0 Å². The summed E-state index contributed by atoms with van der Waals surface area (Å²) in [5.41, 5.74) is -0.844. The van der Waals surface area contributed by atoms with Crippen LogP contribution in [0.1, 0.15) is 30.3 Å². The highest BCUT2D eigenvalue weighted by Crippen LogP contribution is 2.31. The maximum atomic E-state index is 12.5. The van der Waals surface area contributed by atoms with Crippen molar-refractivity contribution >= 4 is 6.03 Å². The van der Waals surface area contributed by atoms with Crippen LogP contribution in [-0.4, -0.2) is 53.0 Å². The molecule has 1 unspecified atom stereocenters. The monoisotopic (exact) mass is 290 g/mol. The first-order valence-corrected chi connectivity index (χ1v) is 6.37. The van der Waals surface area contributed by atoms with Crippen molar-refractivity contribution in [3.63, 3.8) is 0 Å². The van der Waals surface area contributed by atoms with E-state index < -0.39 is 11.9 Å². The Kier molecular flexibility index (Phi) is 3.92. The van der Waals surface area contributed by atoms with Gasteiger partial charge in [-0.05, 0) is 12.8 Å². The van der Waals surface area contributed by atoms with Crippen molar-refractivity contribution in [2.24, 2.45) is 0 Å². The Morgan fingerprint density at radius 2 is 2.20 bits per heavy atom. The van der Waals surface area contributed by atoms with Gasteiger partial charge in [-0.25, -0.2) is 9.78 Å². The Morgan fingerprint density at radius 1 is 1.50 bits per heavy atom. The van der Waals surface area contributed by atoms with Gasteiger partial charge >= 0.3 is 12.2 Å². The lowest BCUT2D eigenvalue weighted by Crippen LogP contribution is -2.44. The van der Waals surface area contributed by atoms with Gasteiger partial charge in [-0.1, -0.05) is 0 Å². The van der Waals surface area contributed by atoms with Crippen molar-refractivity contribution in [1.82, 2.24) is 19.8 Å². The number of carbonyl (C=O) groups excluding carboxylic acids is 1. The van der Waals surface area contributed by atoms with Crippen molar-refractivity contribution in [3.8, 4) is 0 Å². The lowest BCUT2D eigenvalue weighted by Gasteiger charge is -2.33. The summed E-state index contributed by atoms with van der Waals surface area (Å²) in [4.78, 5) is 21.1. The highest BCUT2D eigenvalue weighted by molar-refractivity contribution is 5.74. The number of hydrogen-bond donors (Lipinski definition) is 1. The molecule has 0 aliphatic carbocycles. The number of likely N-dealkylation sites (tertiary alicyclic amines) is 1. The van der Waals surface area contributed by atoms with E-state index in [1.807, 2.05) is 0 Å². The highest BCUT2D eigenvalue weighted by Gasteiger charge is 2.34. The maximum Gasteiger partial charge on any atom is 0.432 e. The van der Waals surface area contributed by atoms with Crippen molar-refractivity contribution in [1.29, 1.82) is 0 Å². The number of alkyl halides is 3. The molecule has 112 valence electrons. The second-order valence-electron chi connectivity index (χ2n) is 5.14. The van der Waals surface area contributed by atoms with Gasteiger partial charge in [0.1, 0.15) is 11.5 Å². The number of halogens is 3. The molecule has 20 heavy (non-hydrogen) atoms. The Hall–Kier alpha value is -1.73. The fourth-order valence-corrected chi connectivity index (χ4v) is 2.35. The quantitative estimate of drug-likeness (QED) is 0.862. The Balaban J connectivity index is 2.09. The normalized spacial score (nSPS) is 20.1. The first-order valence-electron chi connectivity index (χ1n) is 6.37. The molecule has 1 fully saturated rings. The molecule has 0 saturated carbocycles. The van der Waals surface area contributed by atoms with Crippen LogP contribution in [-0.2, 0) is 6.18 Å². The summed E-state index contributed by atoms with van der Waals surface area (Å²) >= 11 is 0. The van der Waals surface area contributed by atoms with Gasteiger partial charge in [-0.3, -0.25) is 0 Å². The van der Waals surface area contributed by atoms with E-state index in [1.165, 1.54) is 4.90 Å². The third kappa shape index (κ3) is 3.05. The second-order valence-corrected chi connectivity index (χ2v) is 5.14. The molecule has 1 aliphatic heterocycles. The molecular formula is C12H17F3N4O. The summed E-state index contributed by atoms with van der Waals surface area (Å²) in [6, 6.07) is -0.127. The number of hydrogen-bond acceptors (Lipinski definition) is 2. The zero-order chi connectivity index (χ0) is 14.9. The minimum absolute atomic E-state index is 0.127. The topological polar surface area (TPSA) is 52.2 Å². The average molecular weight is 290 g/mol. The van der Waals surface area contributed by atoms with E-state index in [9.17, 15) is 18.0 Å². The van der Waals surface area contributed by atoms with E-state index in [1.54, 1.807) is 19.0 Å². The Morgan fingerprint density at radius 3 is 2.75 bits per heavy atom. The Bertz CT molecular complexity index is 483. The minimum atomic E-state index is -4.42. The third-order valence-corrected chi connectivity index (χ3v) is 3.36. The predicted molar refractivity (Wildman–Crippen MR) is 66.2 cm³/mol. The van der Waals surface area contributed by atoms with Crippen LogP contribution in [0.2, 0.25) is 0 Å². The van der Waals surface area contributed by atoms with Crippen molar-refractivity contribution in [3.05, 3.63) is 17.7 Å². The van der Waals surface area contributed by atoms with E-state index in [-0.39, 0.29) is 11.9 Å². The lowest BCUT2D eigenvalue weighted by molar-refractivity contribution is -0.141. The van der Waals surface area contributed by atoms with E-state index in [2.05, 4.69) is 9.97 Å². The van der Waals surface area contributed by atoms with Crippen molar-refractivity contribution in [2.75, 3.05) is 27.2 Å². The predicted octanol–water partition coefficient (Wildman–Crippen LogP) is 2.29. The minimum Gasteiger partial charge on any atom is -0.338 e. The Labute approximate surface area is 114 Å². The number of aromatic amines is 1. The van der Waals surface area contributed by atoms with E-state index in [4.69, 9.17) is 0 Å². The number of piperidine rings is 1. The summed E-state index contributed by atoms with van der Waals surface area (Å²) in [7, 11) is 3.31. The summed E-state index contributed by atoms with van der Waals surface area (Å²) < 4.78 is 37.6. The molecule has 1 N–H and O–H groups in total. The summed E-state index contributed by atoms with van der Waals surface area (Å²) in [6.07, 6.45) is -2.13. The van der Waals surface area contributed by atoms with Gasteiger partial charge in [0.05, 0.1) is 6.20 Å². The third-order valence-electron chi connectivity index (χ3n) is 3.36. The molecule has 2 amide bonds. The van der Waals surface area contributed by atoms with Gasteiger partial charge in [0.25, 0.3) is 0 Å². The van der Waals surface area contributed by atoms with Crippen LogP contribution in [0.5, 0.6) is 0 Å². The van der Waals surface area contributed by atoms with Gasteiger partial charge in [-0.15, -0.1) is 0 Å². The average Bonchev–Trinajstić information content (AvgIpc) is 2.87. The molecule has 1 aliphatic rings. The van der Waals surface area contributed by atoms with Crippen molar-refractivity contribution < 1.29 is 18.0 Å². The zero-order valence-corrected chi connectivity index (χ0v) is 11.4. The molecule has 2 heterocycles. The fraction of sp³-hybridized carbons (Fsp3) is 0.667. The number of carbonyl (C=O) groups is 1. The summed E-state index contributed by atoms with van der Waals surface area (Å²) in [6.45, 7) is 1.02. The van der Waals surface area contributed by atoms with Crippen LogP contribution in [0.25, 0.3) is 0 Å². The van der Waals surface area contributed by atoms with E-state index in [0.29, 0.717) is 18.9 Å². The first kappa shape index (κ1) is 14.7. The lowest BCUT2D eigenvalue weighted by atomic mass is 9.97. The molecule has 0 aromatic carbocycles. The second kappa shape index (κ2) is 5.34. The molecule has 0 radical (unpaired) electrons. The number of urea groups is 1. The number of amides is 2. The SMILES string of the molecule is CN(C)C(=O)N1CCCC(c2ncc(C(F)(F)F)[nH]2)C1. The largest absolute Gasteiger partial charge is 0.432 e. The van der Waals surface area contributed by atoms with Crippen LogP contribution in [0.15, 0.2) is 6.20 Å². The van der Waals surface area contributed by atoms with Gasteiger partial charge in [0.2, 0.25) is 0 Å². The molecule has 1 atom stereocenters. The standard InChI is InChI=1S/C12H17F3N4O/c1-18(2)11(20)19-5-3-4-8(7-19)10-16-6-9(17-10)12(13,14)15/h6,8H,3-5,7H2,1-2H3,(H,16,17). The fourth-order valence-electron chi connectivity index (χ4n) is 2.35. The smallest absolute Gasteiger partial charge is 0.338 e. The summed E-state index contributed by atoms with van der Waals surface area (Å²) in [5.74, 6) is 0.123. The van der Waals surface area contributed by atoms with E-state index in [0.717, 1.165) is 19.0 Å².